The maximum absolute atomic E-state index is 5.76. The van der Waals surface area contributed by atoms with E-state index < -0.39 is 0 Å². The Bertz CT molecular complexity index is 172. The van der Waals surface area contributed by atoms with Gasteiger partial charge in [0.1, 0.15) is 0 Å². The zero-order chi connectivity index (χ0) is 8.82. The molecule has 2 atom stereocenters. The molecule has 0 saturated carbocycles. The summed E-state index contributed by atoms with van der Waals surface area (Å²) >= 11 is 0. The van der Waals surface area contributed by atoms with Crippen molar-refractivity contribution in [3.8, 4) is 0 Å². The van der Waals surface area contributed by atoms with E-state index in [9.17, 15) is 0 Å². The van der Waals surface area contributed by atoms with Crippen molar-refractivity contribution in [3.05, 3.63) is 0 Å². The predicted octanol–water partition coefficient (Wildman–Crippen LogP) is 1.98. The molecule has 0 radical (unpaired) electrons. The lowest BCUT2D eigenvalue weighted by molar-refractivity contribution is -0.0899. The minimum atomic E-state index is 0.0990. The van der Waals surface area contributed by atoms with Crippen LogP contribution in [-0.2, 0) is 9.47 Å². The van der Waals surface area contributed by atoms with Gasteiger partial charge in [-0.15, -0.1) is 0 Å². The van der Waals surface area contributed by atoms with Gasteiger partial charge in [-0.05, 0) is 33.6 Å². The Morgan fingerprint density at radius 1 is 1.17 bits per heavy atom. The Morgan fingerprint density at radius 3 is 2.25 bits per heavy atom. The van der Waals surface area contributed by atoms with Crippen LogP contribution >= 0.6 is 0 Å². The summed E-state index contributed by atoms with van der Waals surface area (Å²) in [5.74, 6) is 0.630. The molecule has 0 aromatic heterocycles. The molecule has 0 aromatic rings. The fraction of sp³-hybridized carbons (Fsp3) is 1.00. The normalized spacial score (nSPS) is 45.8. The van der Waals surface area contributed by atoms with Crippen molar-refractivity contribution in [2.24, 2.45) is 5.92 Å². The summed E-state index contributed by atoms with van der Waals surface area (Å²) in [6.45, 7) is 8.34. The van der Waals surface area contributed by atoms with Gasteiger partial charge in [-0.3, -0.25) is 0 Å². The van der Waals surface area contributed by atoms with E-state index in [0.717, 1.165) is 19.6 Å². The fourth-order valence-corrected chi connectivity index (χ4v) is 1.83. The van der Waals surface area contributed by atoms with Gasteiger partial charge in [0.2, 0.25) is 0 Å². The van der Waals surface area contributed by atoms with Gasteiger partial charge in [-0.25, -0.2) is 0 Å². The van der Waals surface area contributed by atoms with Gasteiger partial charge < -0.3 is 9.47 Å². The number of epoxide rings is 1. The van der Waals surface area contributed by atoms with Crippen LogP contribution in [-0.4, -0.2) is 24.4 Å². The zero-order valence-electron chi connectivity index (χ0n) is 8.22. The van der Waals surface area contributed by atoms with Crippen molar-refractivity contribution in [2.75, 3.05) is 13.2 Å². The molecule has 2 aliphatic rings. The highest BCUT2D eigenvalue weighted by molar-refractivity contribution is 4.96. The van der Waals surface area contributed by atoms with Gasteiger partial charge in [0.25, 0.3) is 0 Å². The lowest BCUT2D eigenvalue weighted by Crippen LogP contribution is -2.38. The van der Waals surface area contributed by atoms with Gasteiger partial charge >= 0.3 is 0 Å². The first kappa shape index (κ1) is 8.52. The summed E-state index contributed by atoms with van der Waals surface area (Å²) in [4.78, 5) is 0. The molecule has 12 heavy (non-hydrogen) atoms. The highest BCUT2D eigenvalue weighted by Gasteiger charge is 2.49. The van der Waals surface area contributed by atoms with Crippen molar-refractivity contribution >= 4 is 0 Å². The average Bonchev–Trinajstić information content (AvgIpc) is 2.68. The molecule has 2 unspecified atom stereocenters. The first-order chi connectivity index (χ1) is 5.52. The molecule has 0 N–H and O–H groups in total. The third-order valence-corrected chi connectivity index (χ3v) is 3.23. The Hall–Kier alpha value is -0.0800. The quantitative estimate of drug-likeness (QED) is 0.561. The van der Waals surface area contributed by atoms with E-state index >= 15 is 0 Å². The summed E-state index contributed by atoms with van der Waals surface area (Å²) in [6, 6.07) is 0. The summed E-state index contributed by atoms with van der Waals surface area (Å²) in [5, 5.41) is 0. The second kappa shape index (κ2) is 2.46. The maximum Gasteiger partial charge on any atom is 0.0938 e. The second-order valence-corrected chi connectivity index (χ2v) is 4.91. The Kier molecular flexibility index (Phi) is 1.74. The van der Waals surface area contributed by atoms with Crippen LogP contribution in [0.15, 0.2) is 0 Å². The molecular formula is C10H18O2. The van der Waals surface area contributed by atoms with Crippen molar-refractivity contribution < 1.29 is 9.47 Å². The summed E-state index contributed by atoms with van der Waals surface area (Å²) in [7, 11) is 0. The van der Waals surface area contributed by atoms with E-state index in [1.807, 2.05) is 0 Å². The van der Waals surface area contributed by atoms with Crippen LogP contribution < -0.4 is 0 Å². The summed E-state index contributed by atoms with van der Waals surface area (Å²) in [6.07, 6.45) is 2.42. The van der Waals surface area contributed by atoms with Gasteiger partial charge in [0, 0.05) is 5.92 Å². The van der Waals surface area contributed by atoms with E-state index in [-0.39, 0.29) is 11.2 Å². The third kappa shape index (κ3) is 1.50. The Labute approximate surface area is 74.2 Å². The molecule has 2 heteroatoms. The van der Waals surface area contributed by atoms with Crippen LogP contribution in [0.25, 0.3) is 0 Å². The molecule has 0 bridgehead atoms. The molecule has 70 valence electrons. The van der Waals surface area contributed by atoms with E-state index in [0.29, 0.717) is 5.92 Å². The largest absolute Gasteiger partial charge is 0.375 e. The van der Waals surface area contributed by atoms with Gasteiger partial charge in [0.05, 0.1) is 24.4 Å². The number of hydrogen-bond acceptors (Lipinski definition) is 2. The number of rotatable bonds is 1. The first-order valence-electron chi connectivity index (χ1n) is 4.80. The summed E-state index contributed by atoms with van der Waals surface area (Å²) < 4.78 is 11.2. The third-order valence-electron chi connectivity index (χ3n) is 3.23. The van der Waals surface area contributed by atoms with Crippen LogP contribution in [0.2, 0.25) is 0 Å². The van der Waals surface area contributed by atoms with Gasteiger partial charge in [0.15, 0.2) is 0 Å². The zero-order valence-corrected chi connectivity index (χ0v) is 8.22. The van der Waals surface area contributed by atoms with Gasteiger partial charge in [-0.2, -0.15) is 0 Å². The van der Waals surface area contributed by atoms with Crippen molar-refractivity contribution in [1.29, 1.82) is 0 Å². The molecule has 2 heterocycles. The lowest BCUT2D eigenvalue weighted by atomic mass is 9.84. The van der Waals surface area contributed by atoms with Crippen LogP contribution in [0.1, 0.15) is 33.6 Å². The maximum atomic E-state index is 5.76. The minimum Gasteiger partial charge on any atom is -0.375 e. The predicted molar refractivity (Wildman–Crippen MR) is 47.1 cm³/mol. The van der Waals surface area contributed by atoms with E-state index in [2.05, 4.69) is 20.8 Å². The Balaban J connectivity index is 1.90. The molecule has 0 spiro atoms. The summed E-state index contributed by atoms with van der Waals surface area (Å²) in [5.41, 5.74) is 0.262. The SMILES string of the molecule is CC1(C)CCC(C2(C)CO2)CO1. The van der Waals surface area contributed by atoms with E-state index in [1.165, 1.54) is 6.42 Å². The number of hydrogen-bond donors (Lipinski definition) is 0. The molecule has 2 aliphatic heterocycles. The second-order valence-electron chi connectivity index (χ2n) is 4.91. The number of ether oxygens (including phenoxy) is 2. The highest BCUT2D eigenvalue weighted by Crippen LogP contribution is 2.41. The lowest BCUT2D eigenvalue weighted by Gasteiger charge is -2.36. The molecule has 2 nitrogen and oxygen atoms in total. The molecule has 2 saturated heterocycles. The van der Waals surface area contributed by atoms with Gasteiger partial charge in [-0.1, -0.05) is 0 Å². The van der Waals surface area contributed by atoms with Crippen molar-refractivity contribution in [3.63, 3.8) is 0 Å². The Morgan fingerprint density at radius 2 is 1.83 bits per heavy atom. The fourth-order valence-electron chi connectivity index (χ4n) is 1.83. The molecular weight excluding hydrogens is 152 g/mol. The van der Waals surface area contributed by atoms with Crippen LogP contribution in [0.3, 0.4) is 0 Å². The van der Waals surface area contributed by atoms with Crippen molar-refractivity contribution in [2.45, 2.75) is 44.8 Å². The monoisotopic (exact) mass is 170 g/mol. The van der Waals surface area contributed by atoms with Crippen LogP contribution in [0, 0.1) is 5.92 Å². The van der Waals surface area contributed by atoms with Crippen LogP contribution in [0.4, 0.5) is 0 Å². The minimum absolute atomic E-state index is 0.0990. The molecule has 0 amide bonds. The van der Waals surface area contributed by atoms with Crippen molar-refractivity contribution in [1.82, 2.24) is 0 Å². The average molecular weight is 170 g/mol. The molecule has 0 aliphatic carbocycles. The highest BCUT2D eigenvalue weighted by atomic mass is 16.6. The molecule has 2 rings (SSSR count). The smallest absolute Gasteiger partial charge is 0.0938 e. The van der Waals surface area contributed by atoms with E-state index in [4.69, 9.17) is 9.47 Å². The van der Waals surface area contributed by atoms with Crippen LogP contribution in [0.5, 0.6) is 0 Å². The molecule has 2 fully saturated rings. The molecule has 0 aromatic carbocycles. The van der Waals surface area contributed by atoms with E-state index in [1.54, 1.807) is 0 Å². The standard InChI is InChI=1S/C10H18O2/c1-9(2)5-4-8(6-11-9)10(3)7-12-10/h8H,4-7H2,1-3H3. The topological polar surface area (TPSA) is 21.8 Å². The first-order valence-corrected chi connectivity index (χ1v) is 4.80.